The largest absolute Gasteiger partial charge is 0.379 e. The smallest absolute Gasteiger partial charge is 0.262 e. The molecule has 2 heterocycles. The monoisotopic (exact) mass is 553 g/mol. The van der Waals surface area contributed by atoms with E-state index in [2.05, 4.69) is 5.32 Å². The average molecular weight is 554 g/mol. The van der Waals surface area contributed by atoms with Crippen molar-refractivity contribution in [2.45, 2.75) is 17.4 Å². The van der Waals surface area contributed by atoms with E-state index in [1.807, 2.05) is 6.07 Å². The van der Waals surface area contributed by atoms with Crippen molar-refractivity contribution in [3.63, 3.8) is 0 Å². The Balaban J connectivity index is 1.47. The van der Waals surface area contributed by atoms with Gasteiger partial charge in [-0.3, -0.25) is 19.3 Å². The number of rotatable bonds is 7. The number of amides is 3. The second kappa shape index (κ2) is 10.7. The summed E-state index contributed by atoms with van der Waals surface area (Å²) in [5.41, 5.74) is 1.24. The lowest BCUT2D eigenvalue weighted by molar-refractivity contribution is -0.119. The Hall–Kier alpha value is -3.57. The number of hydrogen-bond acceptors (Lipinski definition) is 6. The number of halogens is 1. The number of benzene rings is 3. The van der Waals surface area contributed by atoms with Gasteiger partial charge in [-0.15, -0.1) is 0 Å². The van der Waals surface area contributed by atoms with Crippen LogP contribution in [-0.2, 0) is 26.0 Å². The SMILES string of the molecule is O=C(Nc1cc(S(=O)(=O)N2CCOCC2)ccc1Cl)[C@H](Cc1ccccc1)N1C(=O)c2ccccc2C1=O. The number of nitrogens with zero attached hydrogens (tertiary/aromatic N) is 2. The van der Waals surface area contributed by atoms with Crippen molar-refractivity contribution in [2.75, 3.05) is 31.6 Å². The van der Waals surface area contributed by atoms with E-state index < -0.39 is 33.8 Å². The van der Waals surface area contributed by atoms with Gasteiger partial charge in [-0.05, 0) is 35.9 Å². The summed E-state index contributed by atoms with van der Waals surface area (Å²) in [5, 5.41) is 2.78. The first kappa shape index (κ1) is 26.1. The lowest BCUT2D eigenvalue weighted by Crippen LogP contribution is -2.48. The minimum Gasteiger partial charge on any atom is -0.379 e. The molecule has 5 rings (SSSR count). The summed E-state index contributed by atoms with van der Waals surface area (Å²) in [6.45, 7) is 1.01. The molecule has 0 aliphatic carbocycles. The first-order valence-electron chi connectivity index (χ1n) is 12.0. The maximum Gasteiger partial charge on any atom is 0.262 e. The average Bonchev–Trinajstić information content (AvgIpc) is 3.19. The number of imide groups is 1. The maximum atomic E-state index is 13.7. The topological polar surface area (TPSA) is 113 Å². The molecule has 0 bridgehead atoms. The first-order valence-corrected chi connectivity index (χ1v) is 13.8. The Bertz CT molecular complexity index is 1470. The molecule has 3 aromatic rings. The highest BCUT2D eigenvalue weighted by molar-refractivity contribution is 7.89. The number of morpholine rings is 1. The Labute approximate surface area is 225 Å². The van der Waals surface area contributed by atoms with Gasteiger partial charge in [-0.25, -0.2) is 8.42 Å². The molecule has 0 saturated carbocycles. The first-order chi connectivity index (χ1) is 18.3. The van der Waals surface area contributed by atoms with Crippen LogP contribution in [0.2, 0.25) is 5.02 Å². The third-order valence-corrected chi connectivity index (χ3v) is 8.74. The van der Waals surface area contributed by atoms with Gasteiger partial charge in [-0.1, -0.05) is 54.1 Å². The summed E-state index contributed by atoms with van der Waals surface area (Å²) < 4.78 is 32.9. The minimum atomic E-state index is -3.85. The van der Waals surface area contributed by atoms with Gasteiger partial charge in [0, 0.05) is 19.5 Å². The highest BCUT2D eigenvalue weighted by Crippen LogP contribution is 2.30. The van der Waals surface area contributed by atoms with E-state index in [-0.39, 0.29) is 59.5 Å². The third kappa shape index (κ3) is 4.95. The van der Waals surface area contributed by atoms with Gasteiger partial charge in [0.1, 0.15) is 6.04 Å². The maximum absolute atomic E-state index is 13.7. The van der Waals surface area contributed by atoms with Gasteiger partial charge >= 0.3 is 0 Å². The molecule has 2 aliphatic heterocycles. The minimum absolute atomic E-state index is 0.0422. The molecule has 1 fully saturated rings. The fraction of sp³-hybridized carbons (Fsp3) is 0.222. The Morgan fingerprint density at radius 3 is 2.16 bits per heavy atom. The molecular formula is C27H24ClN3O6S. The van der Waals surface area contributed by atoms with Crippen LogP contribution in [0, 0.1) is 0 Å². The van der Waals surface area contributed by atoms with Crippen molar-refractivity contribution in [3.8, 4) is 0 Å². The van der Waals surface area contributed by atoms with Crippen molar-refractivity contribution in [3.05, 3.63) is 94.5 Å². The quantitative estimate of drug-likeness (QED) is 0.450. The summed E-state index contributed by atoms with van der Waals surface area (Å²) in [7, 11) is -3.85. The number of nitrogens with one attached hydrogen (secondary N) is 1. The molecule has 1 saturated heterocycles. The molecule has 196 valence electrons. The van der Waals surface area contributed by atoms with Crippen molar-refractivity contribution < 1.29 is 27.5 Å². The number of hydrogen-bond donors (Lipinski definition) is 1. The summed E-state index contributed by atoms with van der Waals surface area (Å²) in [6, 6.07) is 18.2. The van der Waals surface area contributed by atoms with Gasteiger partial charge in [0.15, 0.2) is 0 Å². The predicted molar refractivity (Wildman–Crippen MR) is 141 cm³/mol. The normalized spacial score (nSPS) is 16.8. The van der Waals surface area contributed by atoms with Crippen molar-refractivity contribution in [1.29, 1.82) is 0 Å². The van der Waals surface area contributed by atoms with Gasteiger partial charge < -0.3 is 10.1 Å². The molecule has 0 aromatic heterocycles. The van der Waals surface area contributed by atoms with Crippen LogP contribution in [-0.4, -0.2) is 67.7 Å². The van der Waals surface area contributed by atoms with E-state index in [1.165, 1.54) is 22.5 Å². The molecule has 0 spiro atoms. The molecule has 1 atom stereocenters. The molecule has 3 aromatic carbocycles. The van der Waals surface area contributed by atoms with Crippen LogP contribution >= 0.6 is 11.6 Å². The van der Waals surface area contributed by atoms with Crippen LogP contribution in [0.5, 0.6) is 0 Å². The molecule has 3 amide bonds. The standard InChI is InChI=1S/C27H24ClN3O6S/c28-22-11-10-19(38(35,36)30-12-14-37-15-13-30)17-23(22)29-25(32)24(16-18-6-2-1-3-7-18)31-26(33)20-8-4-5-9-21(20)27(31)34/h1-11,17,24H,12-16H2,(H,29,32)/t24-/m0/s1. The molecule has 2 aliphatic rings. The van der Waals surface area contributed by atoms with E-state index >= 15 is 0 Å². The lowest BCUT2D eigenvalue weighted by atomic mass is 10.0. The van der Waals surface area contributed by atoms with Crippen molar-refractivity contribution in [2.24, 2.45) is 0 Å². The Morgan fingerprint density at radius 2 is 1.53 bits per heavy atom. The van der Waals surface area contributed by atoms with E-state index in [4.69, 9.17) is 16.3 Å². The van der Waals surface area contributed by atoms with Crippen LogP contribution in [0.15, 0.2) is 77.7 Å². The van der Waals surface area contributed by atoms with Crippen LogP contribution < -0.4 is 5.32 Å². The van der Waals surface area contributed by atoms with E-state index in [1.54, 1.807) is 48.5 Å². The van der Waals surface area contributed by atoms with Crippen LogP contribution in [0.1, 0.15) is 26.3 Å². The molecule has 11 heteroatoms. The van der Waals surface area contributed by atoms with E-state index in [9.17, 15) is 22.8 Å². The summed E-state index contributed by atoms with van der Waals surface area (Å²) in [6.07, 6.45) is 0.0571. The number of carbonyl (C=O) groups is 3. The number of ether oxygens (including phenoxy) is 1. The lowest BCUT2D eigenvalue weighted by Gasteiger charge is -2.27. The molecule has 38 heavy (non-hydrogen) atoms. The van der Waals surface area contributed by atoms with Gasteiger partial charge in [0.25, 0.3) is 11.8 Å². The van der Waals surface area contributed by atoms with Gasteiger partial charge in [0.2, 0.25) is 15.9 Å². The molecule has 1 N–H and O–H groups in total. The second-order valence-corrected chi connectivity index (χ2v) is 11.2. The zero-order valence-corrected chi connectivity index (χ0v) is 21.7. The summed E-state index contributed by atoms with van der Waals surface area (Å²) >= 11 is 6.34. The fourth-order valence-corrected chi connectivity index (χ4v) is 6.14. The molecule has 9 nitrogen and oxygen atoms in total. The van der Waals surface area contributed by atoms with Crippen molar-refractivity contribution in [1.82, 2.24) is 9.21 Å². The van der Waals surface area contributed by atoms with Crippen LogP contribution in [0.3, 0.4) is 0 Å². The fourth-order valence-electron chi connectivity index (χ4n) is 4.54. The van der Waals surface area contributed by atoms with Crippen molar-refractivity contribution >= 4 is 45.0 Å². The number of anilines is 1. The summed E-state index contributed by atoms with van der Waals surface area (Å²) in [4.78, 5) is 41.0. The van der Waals surface area contributed by atoms with Gasteiger partial charge in [0.05, 0.1) is 39.9 Å². The molecule has 0 radical (unpaired) electrons. The number of carbonyl (C=O) groups excluding carboxylic acids is 3. The highest BCUT2D eigenvalue weighted by Gasteiger charge is 2.43. The zero-order valence-electron chi connectivity index (χ0n) is 20.2. The van der Waals surface area contributed by atoms with Crippen LogP contribution in [0.4, 0.5) is 5.69 Å². The highest BCUT2D eigenvalue weighted by atomic mass is 35.5. The molecule has 0 unspecified atom stereocenters. The Morgan fingerprint density at radius 1 is 0.921 bits per heavy atom. The number of sulfonamides is 1. The summed E-state index contributed by atoms with van der Waals surface area (Å²) in [5.74, 6) is -1.82. The predicted octanol–water partition coefficient (Wildman–Crippen LogP) is 3.21. The van der Waals surface area contributed by atoms with E-state index in [0.717, 1.165) is 10.5 Å². The van der Waals surface area contributed by atoms with E-state index in [0.29, 0.717) is 0 Å². The number of fused-ring (bicyclic) bond motifs is 1. The second-order valence-electron chi connectivity index (χ2n) is 8.88. The Kier molecular flexibility index (Phi) is 7.31. The zero-order chi connectivity index (χ0) is 26.9. The van der Waals surface area contributed by atoms with Gasteiger partial charge in [-0.2, -0.15) is 4.31 Å². The van der Waals surface area contributed by atoms with Crippen LogP contribution in [0.25, 0.3) is 0 Å². The molecular weight excluding hydrogens is 530 g/mol. The third-order valence-electron chi connectivity index (χ3n) is 6.52.